The van der Waals surface area contributed by atoms with Gasteiger partial charge < -0.3 is 25.2 Å². The Hall–Kier alpha value is -4.17. The van der Waals surface area contributed by atoms with Gasteiger partial charge in [-0.2, -0.15) is 0 Å². The molecule has 0 saturated carbocycles. The largest absolute Gasteiger partial charge is 0.481 e. The van der Waals surface area contributed by atoms with Gasteiger partial charge >= 0.3 is 12.1 Å². The van der Waals surface area contributed by atoms with E-state index in [-0.39, 0.29) is 12.5 Å². The first-order valence-electron chi connectivity index (χ1n) is 11.3. The predicted octanol–water partition coefficient (Wildman–Crippen LogP) is 4.04. The second-order valence-electron chi connectivity index (χ2n) is 8.59. The lowest BCUT2D eigenvalue weighted by atomic mass is 9.98. The number of carboxylic acids is 1. The molecule has 35 heavy (non-hydrogen) atoms. The summed E-state index contributed by atoms with van der Waals surface area (Å²) in [7, 11) is 0. The van der Waals surface area contributed by atoms with Crippen LogP contribution in [-0.4, -0.2) is 35.7 Å². The fourth-order valence-corrected chi connectivity index (χ4v) is 4.65. The first-order chi connectivity index (χ1) is 17.0. The van der Waals surface area contributed by atoms with E-state index in [9.17, 15) is 19.5 Å². The summed E-state index contributed by atoms with van der Waals surface area (Å²) in [6.45, 7) is 1.04. The Balaban J connectivity index is 1.25. The van der Waals surface area contributed by atoms with Gasteiger partial charge in [0, 0.05) is 11.6 Å². The van der Waals surface area contributed by atoms with Crippen LogP contribution < -0.4 is 10.6 Å². The second kappa shape index (κ2) is 9.60. The van der Waals surface area contributed by atoms with Crippen molar-refractivity contribution in [2.75, 3.05) is 11.9 Å². The molecule has 178 valence electrons. The minimum atomic E-state index is -1.30. The van der Waals surface area contributed by atoms with Gasteiger partial charge in [0.05, 0.1) is 19.6 Å². The smallest absolute Gasteiger partial charge is 0.407 e. The number of fused-ring (bicyclic) bond motifs is 4. The summed E-state index contributed by atoms with van der Waals surface area (Å²) in [6, 6.07) is 19.9. The van der Waals surface area contributed by atoms with Crippen molar-refractivity contribution in [1.82, 2.24) is 5.32 Å². The fourth-order valence-electron chi connectivity index (χ4n) is 4.65. The standard InChI is InChI=1S/C27H24N2O6/c30-25(31)12-24(26(32)28-18-10-9-16-13-34-14-17(16)11-18)29-27(33)35-15-23-21-7-3-1-5-19(21)20-6-2-4-8-22(20)23/h1-11,23-24H,12-15H2,(H,28,32)(H,29,33)(H,30,31). The monoisotopic (exact) mass is 472 g/mol. The van der Waals surface area contributed by atoms with Gasteiger partial charge in [-0.15, -0.1) is 0 Å². The molecule has 0 bridgehead atoms. The Kier molecular flexibility index (Phi) is 6.20. The zero-order valence-electron chi connectivity index (χ0n) is 18.8. The number of anilines is 1. The summed E-state index contributed by atoms with van der Waals surface area (Å²) in [4.78, 5) is 36.8. The van der Waals surface area contributed by atoms with Crippen LogP contribution in [0.4, 0.5) is 10.5 Å². The molecule has 0 fully saturated rings. The highest BCUT2D eigenvalue weighted by molar-refractivity contribution is 5.98. The Morgan fingerprint density at radius 1 is 0.943 bits per heavy atom. The van der Waals surface area contributed by atoms with E-state index in [2.05, 4.69) is 10.6 Å². The van der Waals surface area contributed by atoms with E-state index in [0.29, 0.717) is 18.9 Å². The van der Waals surface area contributed by atoms with Crippen molar-refractivity contribution in [3.8, 4) is 11.1 Å². The summed E-state index contributed by atoms with van der Waals surface area (Å²) < 4.78 is 10.8. The minimum Gasteiger partial charge on any atom is -0.481 e. The maximum atomic E-state index is 12.8. The van der Waals surface area contributed by atoms with E-state index in [4.69, 9.17) is 9.47 Å². The van der Waals surface area contributed by atoms with Crippen molar-refractivity contribution in [1.29, 1.82) is 0 Å². The molecule has 8 nitrogen and oxygen atoms in total. The van der Waals surface area contributed by atoms with Crippen LogP contribution in [0.3, 0.4) is 0 Å². The third-order valence-electron chi connectivity index (χ3n) is 6.32. The Morgan fingerprint density at radius 2 is 1.60 bits per heavy atom. The molecule has 0 saturated heterocycles. The molecule has 1 unspecified atom stereocenters. The SMILES string of the molecule is O=C(O)CC(NC(=O)OCC1c2ccccc2-c2ccccc21)C(=O)Nc1ccc2c(c1)COC2. The molecular formula is C27H24N2O6. The molecule has 3 aromatic rings. The third kappa shape index (κ3) is 4.74. The van der Waals surface area contributed by atoms with Crippen molar-refractivity contribution in [3.05, 3.63) is 89.0 Å². The van der Waals surface area contributed by atoms with E-state index >= 15 is 0 Å². The van der Waals surface area contributed by atoms with Gasteiger partial charge in [0.25, 0.3) is 0 Å². The average molecular weight is 472 g/mol. The first kappa shape index (κ1) is 22.6. The molecule has 0 spiro atoms. The highest BCUT2D eigenvalue weighted by Gasteiger charge is 2.30. The first-order valence-corrected chi connectivity index (χ1v) is 11.3. The van der Waals surface area contributed by atoms with Crippen LogP contribution in [-0.2, 0) is 32.3 Å². The lowest BCUT2D eigenvalue weighted by Crippen LogP contribution is -2.45. The van der Waals surface area contributed by atoms with Gasteiger partial charge in [0.15, 0.2) is 0 Å². The number of aliphatic carboxylic acids is 1. The highest BCUT2D eigenvalue weighted by Crippen LogP contribution is 2.44. The lowest BCUT2D eigenvalue weighted by molar-refractivity contribution is -0.139. The summed E-state index contributed by atoms with van der Waals surface area (Å²) in [5.74, 6) is -2.00. The van der Waals surface area contributed by atoms with Crippen LogP contribution >= 0.6 is 0 Å². The predicted molar refractivity (Wildman–Crippen MR) is 128 cm³/mol. The second-order valence-corrected chi connectivity index (χ2v) is 8.59. The summed E-state index contributed by atoms with van der Waals surface area (Å²) in [5.41, 5.74) is 6.82. The van der Waals surface area contributed by atoms with Crippen LogP contribution in [0, 0.1) is 0 Å². The maximum Gasteiger partial charge on any atom is 0.407 e. The van der Waals surface area contributed by atoms with Crippen LogP contribution in [0.25, 0.3) is 11.1 Å². The molecule has 0 aromatic heterocycles. The van der Waals surface area contributed by atoms with Crippen LogP contribution in [0.5, 0.6) is 0 Å². The zero-order valence-corrected chi connectivity index (χ0v) is 18.8. The number of rotatable bonds is 7. The normalized spacial score (nSPS) is 14.4. The maximum absolute atomic E-state index is 12.8. The molecule has 2 aliphatic rings. The van der Waals surface area contributed by atoms with Crippen molar-refractivity contribution in [2.45, 2.75) is 31.6 Å². The number of ether oxygens (including phenoxy) is 2. The van der Waals surface area contributed by atoms with E-state index in [1.54, 1.807) is 12.1 Å². The van der Waals surface area contributed by atoms with Crippen molar-refractivity contribution in [3.63, 3.8) is 0 Å². The number of alkyl carbamates (subject to hydrolysis) is 1. The third-order valence-corrected chi connectivity index (χ3v) is 6.32. The number of carboxylic acid groups (broad SMARTS) is 1. The molecule has 1 aliphatic heterocycles. The number of carbonyl (C=O) groups is 3. The number of hydrogen-bond donors (Lipinski definition) is 3. The van der Waals surface area contributed by atoms with Gasteiger partial charge in [-0.1, -0.05) is 54.6 Å². The number of hydrogen-bond acceptors (Lipinski definition) is 5. The molecule has 8 heteroatoms. The van der Waals surface area contributed by atoms with Gasteiger partial charge in [0.2, 0.25) is 5.91 Å². The summed E-state index contributed by atoms with van der Waals surface area (Å²) in [5, 5.41) is 14.4. The van der Waals surface area contributed by atoms with Crippen molar-refractivity contribution >= 4 is 23.7 Å². The molecule has 1 atom stereocenters. The topological polar surface area (TPSA) is 114 Å². The van der Waals surface area contributed by atoms with Crippen molar-refractivity contribution in [2.24, 2.45) is 0 Å². The van der Waals surface area contributed by atoms with Crippen LogP contribution in [0.15, 0.2) is 66.7 Å². The number of amides is 2. The summed E-state index contributed by atoms with van der Waals surface area (Å²) in [6.07, 6.45) is -1.43. The fraction of sp³-hybridized carbons (Fsp3) is 0.222. The molecule has 3 N–H and O–H groups in total. The van der Waals surface area contributed by atoms with E-state index in [1.165, 1.54) is 0 Å². The zero-order chi connectivity index (χ0) is 24.4. The van der Waals surface area contributed by atoms with E-state index < -0.39 is 30.4 Å². The Labute approximate surface area is 201 Å². The summed E-state index contributed by atoms with van der Waals surface area (Å²) >= 11 is 0. The quantitative estimate of drug-likeness (QED) is 0.478. The molecule has 1 heterocycles. The molecule has 1 aliphatic carbocycles. The molecule has 2 amide bonds. The average Bonchev–Trinajstić information content (AvgIpc) is 3.44. The molecule has 3 aromatic carbocycles. The number of nitrogens with one attached hydrogen (secondary N) is 2. The molecule has 0 radical (unpaired) electrons. The number of benzene rings is 3. The van der Waals surface area contributed by atoms with Crippen molar-refractivity contribution < 1.29 is 29.0 Å². The van der Waals surface area contributed by atoms with Gasteiger partial charge in [-0.3, -0.25) is 9.59 Å². The van der Waals surface area contributed by atoms with E-state index in [1.807, 2.05) is 54.6 Å². The van der Waals surface area contributed by atoms with E-state index in [0.717, 1.165) is 33.4 Å². The minimum absolute atomic E-state index is 0.0616. The highest BCUT2D eigenvalue weighted by atomic mass is 16.5. The van der Waals surface area contributed by atoms with Gasteiger partial charge in [-0.05, 0) is 45.5 Å². The Morgan fingerprint density at radius 3 is 2.29 bits per heavy atom. The number of carbonyl (C=O) groups excluding carboxylic acids is 2. The molecular weight excluding hydrogens is 448 g/mol. The lowest BCUT2D eigenvalue weighted by Gasteiger charge is -2.19. The van der Waals surface area contributed by atoms with Gasteiger partial charge in [-0.25, -0.2) is 4.79 Å². The van der Waals surface area contributed by atoms with Crippen LogP contribution in [0.1, 0.15) is 34.6 Å². The van der Waals surface area contributed by atoms with Gasteiger partial charge in [0.1, 0.15) is 12.6 Å². The Bertz CT molecular complexity index is 1260. The van der Waals surface area contributed by atoms with Crippen LogP contribution in [0.2, 0.25) is 0 Å². The molecule has 5 rings (SSSR count).